The van der Waals surface area contributed by atoms with Gasteiger partial charge in [-0.1, -0.05) is 19.1 Å². The Bertz CT molecular complexity index is 437. The molecule has 1 aliphatic rings. The van der Waals surface area contributed by atoms with Crippen LogP contribution in [0.2, 0.25) is 0 Å². The lowest BCUT2D eigenvalue weighted by Gasteiger charge is -2.16. The molecule has 2 rings (SSSR count). The van der Waals surface area contributed by atoms with Gasteiger partial charge in [0.25, 0.3) is 0 Å². The van der Waals surface area contributed by atoms with Gasteiger partial charge < -0.3 is 9.84 Å². The molecule has 1 aliphatic carbocycles. The monoisotopic (exact) mass is 234 g/mol. The summed E-state index contributed by atoms with van der Waals surface area (Å²) in [7, 11) is 1.38. The van der Waals surface area contributed by atoms with Crippen LogP contribution in [0, 0.1) is 0 Å². The summed E-state index contributed by atoms with van der Waals surface area (Å²) in [6.07, 6.45) is 3.66. The smallest absolute Gasteiger partial charge is 0.313 e. The Kier molecular flexibility index (Phi) is 3.36. The Morgan fingerprint density at radius 2 is 2.24 bits per heavy atom. The first kappa shape index (κ1) is 12.0. The maximum Gasteiger partial charge on any atom is 0.313 e. The topological polar surface area (TPSA) is 46.5 Å². The lowest BCUT2D eigenvalue weighted by atomic mass is 9.92. The van der Waals surface area contributed by atoms with Crippen LogP contribution in [-0.2, 0) is 22.4 Å². The van der Waals surface area contributed by atoms with Crippen molar-refractivity contribution < 1.29 is 14.6 Å². The minimum atomic E-state index is -0.356. The zero-order valence-corrected chi connectivity index (χ0v) is 10.3. The highest BCUT2D eigenvalue weighted by Crippen LogP contribution is 2.37. The highest BCUT2D eigenvalue weighted by atomic mass is 16.5. The number of esters is 1. The molecule has 1 unspecified atom stereocenters. The van der Waals surface area contributed by atoms with Crippen LogP contribution in [0.1, 0.15) is 42.4 Å². The molecular weight excluding hydrogens is 216 g/mol. The molecule has 1 aromatic carbocycles. The average Bonchev–Trinajstić information content (AvgIpc) is 2.81. The number of aromatic hydroxyl groups is 1. The van der Waals surface area contributed by atoms with Gasteiger partial charge in [-0.05, 0) is 36.8 Å². The fraction of sp³-hybridized carbons (Fsp3) is 0.500. The summed E-state index contributed by atoms with van der Waals surface area (Å²) in [6, 6.07) is 3.90. The van der Waals surface area contributed by atoms with Crippen LogP contribution in [0.25, 0.3) is 0 Å². The van der Waals surface area contributed by atoms with E-state index in [2.05, 4.69) is 0 Å². The Labute approximate surface area is 101 Å². The van der Waals surface area contributed by atoms with Gasteiger partial charge in [0.1, 0.15) is 5.75 Å². The van der Waals surface area contributed by atoms with Crippen LogP contribution in [0.5, 0.6) is 5.75 Å². The molecule has 3 heteroatoms. The summed E-state index contributed by atoms with van der Waals surface area (Å²) >= 11 is 0. The second-order valence-electron chi connectivity index (χ2n) is 4.48. The Balaban J connectivity index is 2.42. The first-order valence-electron chi connectivity index (χ1n) is 6.10. The molecule has 0 radical (unpaired) electrons. The van der Waals surface area contributed by atoms with E-state index in [-0.39, 0.29) is 11.9 Å². The fourth-order valence-corrected chi connectivity index (χ4v) is 2.60. The number of hydrogen-bond donors (Lipinski definition) is 1. The number of fused-ring (bicyclic) bond motifs is 1. The third-order valence-corrected chi connectivity index (χ3v) is 3.55. The van der Waals surface area contributed by atoms with E-state index in [1.165, 1.54) is 12.7 Å². The van der Waals surface area contributed by atoms with Crippen LogP contribution in [-0.4, -0.2) is 18.2 Å². The first-order chi connectivity index (χ1) is 8.19. The molecule has 0 amide bonds. The van der Waals surface area contributed by atoms with Gasteiger partial charge >= 0.3 is 5.97 Å². The summed E-state index contributed by atoms with van der Waals surface area (Å²) < 4.78 is 4.78. The summed E-state index contributed by atoms with van der Waals surface area (Å²) in [5.41, 5.74) is 2.94. The van der Waals surface area contributed by atoms with Gasteiger partial charge in [0.2, 0.25) is 0 Å². The second kappa shape index (κ2) is 4.78. The van der Waals surface area contributed by atoms with Gasteiger partial charge in [-0.3, -0.25) is 4.79 Å². The number of ether oxygens (including phenoxy) is 1. The van der Waals surface area contributed by atoms with E-state index < -0.39 is 0 Å². The Morgan fingerprint density at radius 1 is 1.47 bits per heavy atom. The van der Waals surface area contributed by atoms with Crippen molar-refractivity contribution in [3.63, 3.8) is 0 Å². The van der Waals surface area contributed by atoms with E-state index >= 15 is 0 Å². The van der Waals surface area contributed by atoms with Gasteiger partial charge in [-0.15, -0.1) is 0 Å². The van der Waals surface area contributed by atoms with Crippen molar-refractivity contribution in [1.29, 1.82) is 0 Å². The molecule has 92 valence electrons. The second-order valence-corrected chi connectivity index (χ2v) is 4.48. The van der Waals surface area contributed by atoms with Crippen molar-refractivity contribution in [2.24, 2.45) is 0 Å². The zero-order chi connectivity index (χ0) is 12.4. The summed E-state index contributed by atoms with van der Waals surface area (Å²) in [5, 5.41) is 10.2. The van der Waals surface area contributed by atoms with Crippen molar-refractivity contribution in [3.05, 3.63) is 28.8 Å². The number of phenols is 1. The van der Waals surface area contributed by atoms with Crippen molar-refractivity contribution >= 4 is 5.97 Å². The summed E-state index contributed by atoms with van der Waals surface area (Å²) in [5.74, 6) is -0.330. The zero-order valence-electron chi connectivity index (χ0n) is 10.3. The normalized spacial score (nSPS) is 15.4. The van der Waals surface area contributed by atoms with Crippen LogP contribution >= 0.6 is 0 Å². The van der Waals surface area contributed by atoms with Crippen LogP contribution in [0.15, 0.2) is 12.1 Å². The highest BCUT2D eigenvalue weighted by molar-refractivity contribution is 5.79. The number of phenolic OH excluding ortho intramolecular Hbond substituents is 1. The van der Waals surface area contributed by atoms with Crippen molar-refractivity contribution in [2.45, 2.75) is 38.5 Å². The first-order valence-corrected chi connectivity index (χ1v) is 6.10. The summed E-state index contributed by atoms with van der Waals surface area (Å²) in [6.45, 7) is 1.92. The SMILES string of the molecule is CCC(C(=O)OC)c1ccc2c(c1O)CCC2. The van der Waals surface area contributed by atoms with Crippen LogP contribution < -0.4 is 0 Å². The molecule has 1 N–H and O–H groups in total. The van der Waals surface area contributed by atoms with Gasteiger partial charge in [-0.2, -0.15) is 0 Å². The summed E-state index contributed by atoms with van der Waals surface area (Å²) in [4.78, 5) is 11.7. The van der Waals surface area contributed by atoms with Crippen LogP contribution in [0.3, 0.4) is 0 Å². The molecule has 17 heavy (non-hydrogen) atoms. The van der Waals surface area contributed by atoms with Gasteiger partial charge in [0.15, 0.2) is 0 Å². The number of hydrogen-bond acceptors (Lipinski definition) is 3. The minimum Gasteiger partial charge on any atom is -0.507 e. The number of rotatable bonds is 3. The molecule has 0 aromatic heterocycles. The maximum absolute atomic E-state index is 11.7. The molecule has 0 aliphatic heterocycles. The van der Waals surface area contributed by atoms with E-state index in [4.69, 9.17) is 4.74 Å². The lowest BCUT2D eigenvalue weighted by Crippen LogP contribution is -2.14. The third kappa shape index (κ3) is 2.02. The van der Waals surface area contributed by atoms with Crippen molar-refractivity contribution in [1.82, 2.24) is 0 Å². The van der Waals surface area contributed by atoms with E-state index in [9.17, 15) is 9.90 Å². The standard InChI is InChI=1S/C14H18O3/c1-3-10(14(16)17-2)12-8-7-9-5-4-6-11(9)13(12)15/h7-8,10,15H,3-6H2,1-2H3. The van der Waals surface area contributed by atoms with Crippen molar-refractivity contribution in [3.8, 4) is 5.75 Å². The third-order valence-electron chi connectivity index (χ3n) is 3.55. The fourth-order valence-electron chi connectivity index (χ4n) is 2.60. The van der Waals surface area contributed by atoms with Gasteiger partial charge in [0.05, 0.1) is 13.0 Å². The maximum atomic E-state index is 11.7. The Morgan fingerprint density at radius 3 is 2.88 bits per heavy atom. The van der Waals surface area contributed by atoms with E-state index in [1.54, 1.807) is 0 Å². The predicted molar refractivity (Wildman–Crippen MR) is 65.2 cm³/mol. The molecule has 0 spiro atoms. The molecule has 1 atom stereocenters. The molecule has 0 heterocycles. The lowest BCUT2D eigenvalue weighted by molar-refractivity contribution is -0.142. The number of carbonyl (C=O) groups excluding carboxylic acids is 1. The number of benzene rings is 1. The number of aryl methyl sites for hydroxylation is 1. The van der Waals surface area contributed by atoms with E-state index in [0.29, 0.717) is 17.7 Å². The van der Waals surface area contributed by atoms with Crippen LogP contribution in [0.4, 0.5) is 0 Å². The largest absolute Gasteiger partial charge is 0.507 e. The van der Waals surface area contributed by atoms with Gasteiger partial charge in [0, 0.05) is 5.56 Å². The molecule has 1 aromatic rings. The minimum absolute atomic E-state index is 0.277. The number of carbonyl (C=O) groups is 1. The molecule has 0 bridgehead atoms. The Hall–Kier alpha value is -1.51. The molecule has 0 saturated heterocycles. The molecule has 0 saturated carbocycles. The molecular formula is C14H18O3. The number of methoxy groups -OCH3 is 1. The van der Waals surface area contributed by atoms with Gasteiger partial charge in [-0.25, -0.2) is 0 Å². The predicted octanol–water partition coefficient (Wildman–Crippen LogP) is 2.55. The van der Waals surface area contributed by atoms with Crippen molar-refractivity contribution in [2.75, 3.05) is 7.11 Å². The molecule has 0 fully saturated rings. The highest BCUT2D eigenvalue weighted by Gasteiger charge is 2.26. The average molecular weight is 234 g/mol. The van der Waals surface area contributed by atoms with E-state index in [1.807, 2.05) is 19.1 Å². The quantitative estimate of drug-likeness (QED) is 0.817. The molecule has 3 nitrogen and oxygen atoms in total. The van der Waals surface area contributed by atoms with E-state index in [0.717, 1.165) is 24.8 Å².